The lowest BCUT2D eigenvalue weighted by atomic mass is 10.0. The number of nitrogens with zero attached hydrogens (tertiary/aromatic N) is 1. The second-order valence-electron chi connectivity index (χ2n) is 4.26. The van der Waals surface area contributed by atoms with E-state index in [0.29, 0.717) is 0 Å². The van der Waals surface area contributed by atoms with Crippen LogP contribution >= 0.6 is 0 Å². The number of aromatic amines is 1. The summed E-state index contributed by atoms with van der Waals surface area (Å²) < 4.78 is 145. The van der Waals surface area contributed by atoms with Gasteiger partial charge in [0.2, 0.25) is 0 Å². The molecule has 0 spiro atoms. The molecule has 4 heteroatoms. The number of hydrogen-bond acceptors (Lipinski definition) is 3. The number of aromatic nitrogens is 1. The van der Waals surface area contributed by atoms with Crippen molar-refractivity contribution in [3.8, 4) is 0 Å². The number of rotatable bonds is 2. The second-order valence-corrected chi connectivity index (χ2v) is 4.26. The van der Waals surface area contributed by atoms with Crippen molar-refractivity contribution >= 4 is 16.9 Å². The molecule has 2 fully saturated rings. The summed E-state index contributed by atoms with van der Waals surface area (Å²) >= 11 is 0. The highest BCUT2D eigenvalue weighted by Gasteiger charge is 2.40. The molecule has 0 saturated carbocycles. The Hall–Kier alpha value is -1.81. The average Bonchev–Trinajstić information content (AvgIpc) is 3.23. The molecule has 0 aliphatic carbocycles. The molecule has 21 heavy (non-hydrogen) atoms. The number of carbonyl (C=O) groups is 1. The molecule has 2 aliphatic heterocycles. The van der Waals surface area contributed by atoms with Crippen LogP contribution in [0.1, 0.15) is 59.2 Å². The van der Waals surface area contributed by atoms with Gasteiger partial charge in [-0.3, -0.25) is 0 Å². The third-order valence-electron chi connectivity index (χ3n) is 2.99. The first-order valence-electron chi connectivity index (χ1n) is 14.4. The molecule has 2 aliphatic rings. The van der Waals surface area contributed by atoms with Crippen molar-refractivity contribution < 1.29 is 32.8 Å². The van der Waals surface area contributed by atoms with Gasteiger partial charge in [-0.1, -0.05) is 18.2 Å². The Morgan fingerprint density at radius 2 is 2.33 bits per heavy atom. The molecule has 2 aromatic rings. The van der Waals surface area contributed by atoms with Crippen LogP contribution in [-0.4, -0.2) is 40.9 Å². The highest BCUT2D eigenvalue weighted by atomic mass is 16.5. The molecule has 0 radical (unpaired) electrons. The van der Waals surface area contributed by atoms with Gasteiger partial charge in [0.15, 0.2) is 0 Å². The van der Waals surface area contributed by atoms with E-state index in [9.17, 15) is 4.79 Å². The summed E-state index contributed by atoms with van der Waals surface area (Å²) in [5, 5.41) is -0.324. The lowest BCUT2D eigenvalue weighted by molar-refractivity contribution is -0.000258. The average molecular weight is 301 g/mol. The van der Waals surface area contributed by atoms with Crippen molar-refractivity contribution in [3.05, 3.63) is 36.0 Å². The first-order valence-corrected chi connectivity index (χ1v) is 5.94. The maximum atomic E-state index is 13.2. The van der Waals surface area contributed by atoms with Gasteiger partial charge in [-0.2, -0.15) is 0 Å². The lowest BCUT2D eigenvalue weighted by Gasteiger charge is -2.35. The molecule has 1 unspecified atom stereocenters. The normalized spacial score (nSPS) is 61.4. The maximum absolute atomic E-state index is 13.2. The molecular weight excluding hydrogens is 264 g/mol. The van der Waals surface area contributed by atoms with Crippen molar-refractivity contribution in [2.45, 2.75) is 43.6 Å². The van der Waals surface area contributed by atoms with E-state index in [0.717, 1.165) is 12.3 Å². The lowest BCUT2D eigenvalue weighted by Crippen LogP contribution is -2.43. The quantitative estimate of drug-likeness (QED) is 0.868. The molecule has 110 valence electrons. The van der Waals surface area contributed by atoms with Gasteiger partial charge >= 0.3 is 5.97 Å². The minimum atomic E-state index is -4.14. The first kappa shape index (κ1) is 4.13. The van der Waals surface area contributed by atoms with Crippen molar-refractivity contribution in [2.24, 2.45) is 0 Å². The van der Waals surface area contributed by atoms with Crippen LogP contribution < -0.4 is 0 Å². The number of fused-ring (bicyclic) bond motifs is 3. The van der Waals surface area contributed by atoms with Crippen LogP contribution in [0.15, 0.2) is 30.4 Å². The van der Waals surface area contributed by atoms with Crippen molar-refractivity contribution in [1.29, 1.82) is 0 Å². The summed E-state index contributed by atoms with van der Waals surface area (Å²) in [6, 6.07) is -8.40. The van der Waals surface area contributed by atoms with E-state index < -0.39 is 79.1 Å². The van der Waals surface area contributed by atoms with Crippen molar-refractivity contribution in [2.75, 3.05) is 6.98 Å². The first-order chi connectivity index (χ1) is 16.8. The SMILES string of the molecule is [2H]c1cc([2H])c2c(C(=O)OC3([2H])C([2H])([2H])[C@]4([2H])N(C([2H])([2H])[2H])[C@]([2H])(C3([2H])[2H])C([2H])([2H])C4([2H])[2H])c[nH]c2c1[2H]. The van der Waals surface area contributed by atoms with E-state index in [2.05, 4.69) is 4.98 Å². The second kappa shape index (κ2) is 4.88. The minimum Gasteiger partial charge on any atom is -0.459 e. The Labute approximate surface area is 148 Å². The highest BCUT2D eigenvalue weighted by Crippen LogP contribution is 2.35. The fourth-order valence-electron chi connectivity index (χ4n) is 2.01. The summed E-state index contributed by atoms with van der Waals surface area (Å²) in [6.07, 6.45) is -19.4. The Morgan fingerprint density at radius 3 is 3.10 bits per heavy atom. The molecule has 0 amide bonds. The Morgan fingerprint density at radius 1 is 1.52 bits per heavy atom. The van der Waals surface area contributed by atoms with E-state index >= 15 is 0 Å². The minimum absolute atomic E-state index is 0.196. The molecule has 4 nitrogen and oxygen atoms in total. The van der Waals surface area contributed by atoms with Gasteiger partial charge in [-0.05, 0) is 25.8 Å². The predicted octanol–water partition coefficient (Wildman–Crippen LogP) is 2.95. The summed E-state index contributed by atoms with van der Waals surface area (Å²) in [6.45, 7) is -3.82. The zero-order valence-electron chi connectivity index (χ0n) is 27.4. The third kappa shape index (κ3) is 2.14. The number of piperidine rings is 1. The Balaban J connectivity index is 1.99. The summed E-state index contributed by atoms with van der Waals surface area (Å²) in [5.74, 6) is -1.72. The number of hydrogen-bond donors (Lipinski definition) is 1. The number of para-hydroxylation sites is 1. The van der Waals surface area contributed by atoms with E-state index in [1.165, 1.54) is 0 Å². The fraction of sp³-hybridized carbons (Fsp3) is 0.471. The van der Waals surface area contributed by atoms with Gasteiger partial charge in [-0.25, -0.2) is 4.79 Å². The largest absolute Gasteiger partial charge is 0.459 e. The van der Waals surface area contributed by atoms with Gasteiger partial charge in [0.1, 0.15) is 6.08 Å². The standard InChI is InChI=1S/C17H20N2O2/c1-19-11-6-7-12(19)9-13(8-11)21-17(20)15-10-18-16-5-3-2-4-14(15)16/h2-5,10-13,18H,6-9H2,1H3/t11-,12+,13?/i1D3,3D,4D,5D,6D2,7D2,8D2,9D2,11D,12D,13D. The highest BCUT2D eigenvalue weighted by molar-refractivity contribution is 6.04. The van der Waals surface area contributed by atoms with Crippen molar-refractivity contribution in [3.63, 3.8) is 0 Å². The van der Waals surface area contributed by atoms with Crippen LogP contribution in [0.4, 0.5) is 0 Å². The Kier molecular flexibility index (Phi) is 0.961. The summed E-state index contributed by atoms with van der Waals surface area (Å²) in [4.78, 5) is 15.1. The van der Waals surface area contributed by atoms with E-state index in [4.69, 9.17) is 28.0 Å². The van der Waals surface area contributed by atoms with E-state index in [1.807, 2.05) is 0 Å². The number of esters is 1. The molecular formula is C17H20N2O2. The molecule has 1 aromatic carbocycles. The Bertz CT molecular complexity index is 1330. The van der Waals surface area contributed by atoms with Crippen LogP contribution in [0.25, 0.3) is 10.9 Å². The number of carbonyl (C=O) groups excluding carboxylic acids is 1. The van der Waals surface area contributed by atoms with Gasteiger partial charge < -0.3 is 14.6 Å². The molecule has 4 rings (SSSR count). The predicted molar refractivity (Wildman–Crippen MR) is 81.3 cm³/mol. The monoisotopic (exact) mass is 301 g/mol. The van der Waals surface area contributed by atoms with Crippen LogP contribution in [0.2, 0.25) is 0 Å². The van der Waals surface area contributed by atoms with Gasteiger partial charge in [0.25, 0.3) is 0 Å². The molecule has 2 bridgehead atoms. The van der Waals surface area contributed by atoms with Gasteiger partial charge in [0.05, 0.1) is 11.0 Å². The number of benzene rings is 1. The zero-order valence-corrected chi connectivity index (χ0v) is 10.4. The van der Waals surface area contributed by atoms with Gasteiger partial charge in [0, 0.05) is 59.7 Å². The fourth-order valence-corrected chi connectivity index (χ4v) is 2.01. The van der Waals surface area contributed by atoms with Crippen LogP contribution in [-0.2, 0) is 4.74 Å². The van der Waals surface area contributed by atoms with E-state index in [-0.39, 0.29) is 16.9 Å². The van der Waals surface area contributed by atoms with E-state index in [1.54, 1.807) is 0 Å². The molecule has 1 N–H and O–H groups in total. The number of nitrogens with one attached hydrogen (secondary N) is 1. The van der Waals surface area contributed by atoms with Crippen LogP contribution in [0, 0.1) is 0 Å². The van der Waals surface area contributed by atoms with Gasteiger partial charge in [-0.15, -0.1) is 0 Å². The topological polar surface area (TPSA) is 45.3 Å². The third-order valence-corrected chi connectivity index (χ3v) is 2.99. The maximum Gasteiger partial charge on any atom is 0.340 e. The zero-order chi connectivity index (χ0) is 29.4. The molecule has 3 atom stereocenters. The molecule has 1 aromatic heterocycles. The molecule has 3 heterocycles. The molecule has 2 saturated heterocycles. The van der Waals surface area contributed by atoms with Crippen LogP contribution in [0.5, 0.6) is 0 Å². The number of H-pyrrole nitrogens is 1. The summed E-state index contributed by atoms with van der Waals surface area (Å²) in [5.41, 5.74) is -0.829. The van der Waals surface area contributed by atoms with Crippen LogP contribution in [0.3, 0.4) is 0 Å². The van der Waals surface area contributed by atoms with Crippen molar-refractivity contribution in [1.82, 2.24) is 9.88 Å². The smallest absolute Gasteiger partial charge is 0.340 e. The number of ether oxygens (including phenoxy) is 1. The summed E-state index contributed by atoms with van der Waals surface area (Å²) in [7, 11) is 0.